The highest BCUT2D eigenvalue weighted by atomic mass is 16.6. The SMILES string of the molecule is Cc1nn(C(=O)OCc2ccccc2)c(N=[N+]=[N-])c1C(=O)OCc1ccccc1. The van der Waals surface area contributed by atoms with Crippen LogP contribution in [0, 0.1) is 6.92 Å². The molecule has 0 aliphatic heterocycles. The standard InChI is InChI=1S/C20H17N5O4/c1-14-17(19(26)28-12-15-8-4-2-5-9-15)18(22-24-21)25(23-14)20(27)29-13-16-10-6-3-7-11-16/h2-11H,12-13H2,1H3. The molecule has 146 valence electrons. The highest BCUT2D eigenvalue weighted by Crippen LogP contribution is 2.25. The number of aryl methyl sites for hydroxylation is 1. The molecular weight excluding hydrogens is 374 g/mol. The van der Waals surface area contributed by atoms with E-state index in [1.54, 1.807) is 24.3 Å². The molecule has 0 saturated carbocycles. The molecule has 3 aromatic rings. The Balaban J connectivity index is 1.79. The summed E-state index contributed by atoms with van der Waals surface area (Å²) >= 11 is 0. The van der Waals surface area contributed by atoms with Crippen LogP contribution in [-0.2, 0) is 22.7 Å². The molecule has 0 spiro atoms. The minimum Gasteiger partial charge on any atom is -0.457 e. The number of hydrogen-bond donors (Lipinski definition) is 0. The molecule has 0 bridgehead atoms. The van der Waals surface area contributed by atoms with E-state index in [4.69, 9.17) is 15.0 Å². The van der Waals surface area contributed by atoms with Gasteiger partial charge in [0.15, 0.2) is 5.82 Å². The summed E-state index contributed by atoms with van der Waals surface area (Å²) in [5, 5.41) is 7.45. The van der Waals surface area contributed by atoms with Crippen molar-refractivity contribution in [3.05, 3.63) is 93.5 Å². The fourth-order valence-corrected chi connectivity index (χ4v) is 2.59. The van der Waals surface area contributed by atoms with Gasteiger partial charge in [-0.3, -0.25) is 0 Å². The smallest absolute Gasteiger partial charge is 0.435 e. The van der Waals surface area contributed by atoms with Crippen molar-refractivity contribution in [2.75, 3.05) is 0 Å². The highest BCUT2D eigenvalue weighted by Gasteiger charge is 2.26. The zero-order chi connectivity index (χ0) is 20.6. The number of carbonyl (C=O) groups is 2. The number of ether oxygens (including phenoxy) is 2. The lowest BCUT2D eigenvalue weighted by molar-refractivity contribution is 0.0473. The molecule has 2 aromatic carbocycles. The zero-order valence-corrected chi connectivity index (χ0v) is 15.6. The average molecular weight is 391 g/mol. The molecule has 0 aliphatic rings. The third kappa shape index (κ3) is 4.79. The van der Waals surface area contributed by atoms with Gasteiger partial charge < -0.3 is 9.47 Å². The molecule has 29 heavy (non-hydrogen) atoms. The summed E-state index contributed by atoms with van der Waals surface area (Å²) in [7, 11) is 0. The van der Waals surface area contributed by atoms with Crippen LogP contribution in [-0.4, -0.2) is 21.8 Å². The largest absolute Gasteiger partial charge is 0.457 e. The van der Waals surface area contributed by atoms with Crippen molar-refractivity contribution in [2.45, 2.75) is 20.1 Å². The van der Waals surface area contributed by atoms with Gasteiger partial charge in [-0.2, -0.15) is 9.78 Å². The van der Waals surface area contributed by atoms with Gasteiger partial charge in [-0.05, 0) is 28.7 Å². The Morgan fingerprint density at radius 3 is 2.10 bits per heavy atom. The summed E-state index contributed by atoms with van der Waals surface area (Å²) in [6.07, 6.45) is -0.874. The van der Waals surface area contributed by atoms with Gasteiger partial charge in [0.05, 0.1) is 5.69 Å². The van der Waals surface area contributed by atoms with Crippen LogP contribution in [0.1, 0.15) is 27.2 Å². The Hall–Kier alpha value is -4.10. The molecule has 9 nitrogen and oxygen atoms in total. The molecule has 0 atom stereocenters. The quantitative estimate of drug-likeness (QED) is 0.262. The highest BCUT2D eigenvalue weighted by molar-refractivity contribution is 5.97. The molecule has 1 aromatic heterocycles. The van der Waals surface area contributed by atoms with Crippen LogP contribution < -0.4 is 0 Å². The van der Waals surface area contributed by atoms with Crippen LogP contribution in [0.15, 0.2) is 65.8 Å². The molecular formula is C20H17N5O4. The van der Waals surface area contributed by atoms with Crippen LogP contribution in [0.3, 0.4) is 0 Å². The van der Waals surface area contributed by atoms with Gasteiger partial charge in [0.1, 0.15) is 18.8 Å². The van der Waals surface area contributed by atoms with Gasteiger partial charge in [-0.1, -0.05) is 60.7 Å². The average Bonchev–Trinajstić information content (AvgIpc) is 3.08. The second kappa shape index (κ2) is 9.20. The number of hydrogen-bond acceptors (Lipinski definition) is 6. The van der Waals surface area contributed by atoms with E-state index in [1.807, 2.05) is 36.4 Å². The number of azide groups is 1. The number of aromatic nitrogens is 2. The molecule has 9 heteroatoms. The summed E-state index contributed by atoms with van der Waals surface area (Å²) in [5.41, 5.74) is 10.5. The van der Waals surface area contributed by atoms with Crippen molar-refractivity contribution in [1.82, 2.24) is 9.78 Å². The minimum absolute atomic E-state index is 0.00206. The first-order chi connectivity index (χ1) is 14.1. The Bertz CT molecular complexity index is 1060. The number of benzene rings is 2. The van der Waals surface area contributed by atoms with E-state index in [9.17, 15) is 9.59 Å². The van der Waals surface area contributed by atoms with E-state index in [-0.39, 0.29) is 30.3 Å². The van der Waals surface area contributed by atoms with E-state index in [2.05, 4.69) is 15.1 Å². The van der Waals surface area contributed by atoms with E-state index in [0.29, 0.717) is 0 Å². The molecule has 0 fully saturated rings. The lowest BCUT2D eigenvalue weighted by Crippen LogP contribution is -2.15. The van der Waals surface area contributed by atoms with E-state index >= 15 is 0 Å². The third-order valence-corrected chi connectivity index (χ3v) is 3.97. The van der Waals surface area contributed by atoms with Gasteiger partial charge in [0, 0.05) is 4.91 Å². The van der Waals surface area contributed by atoms with E-state index < -0.39 is 12.1 Å². The molecule has 0 radical (unpaired) electrons. The van der Waals surface area contributed by atoms with Crippen LogP contribution in [0.4, 0.5) is 10.6 Å². The van der Waals surface area contributed by atoms with Crippen molar-refractivity contribution < 1.29 is 19.1 Å². The molecule has 0 unspecified atom stereocenters. The number of carbonyl (C=O) groups excluding carboxylic acids is 2. The normalized spacial score (nSPS) is 10.1. The van der Waals surface area contributed by atoms with Crippen molar-refractivity contribution in [3.63, 3.8) is 0 Å². The van der Waals surface area contributed by atoms with Gasteiger partial charge in [0.2, 0.25) is 0 Å². The van der Waals surface area contributed by atoms with Crippen LogP contribution in [0.5, 0.6) is 0 Å². The Morgan fingerprint density at radius 2 is 1.55 bits per heavy atom. The van der Waals surface area contributed by atoms with Gasteiger partial charge >= 0.3 is 12.1 Å². The van der Waals surface area contributed by atoms with Crippen molar-refractivity contribution >= 4 is 17.9 Å². The first-order valence-electron chi connectivity index (χ1n) is 8.67. The van der Waals surface area contributed by atoms with Crippen molar-refractivity contribution in [3.8, 4) is 0 Å². The molecule has 0 amide bonds. The minimum atomic E-state index is -0.874. The van der Waals surface area contributed by atoms with Gasteiger partial charge in [-0.25, -0.2) is 9.59 Å². The summed E-state index contributed by atoms with van der Waals surface area (Å²) in [6.45, 7) is 1.54. The Labute approximate surface area is 166 Å². The maximum atomic E-state index is 12.5. The summed E-state index contributed by atoms with van der Waals surface area (Å²) < 4.78 is 11.2. The molecule has 0 N–H and O–H groups in total. The maximum Gasteiger partial charge on any atom is 0.435 e. The second-order valence-corrected chi connectivity index (χ2v) is 5.99. The Kier molecular flexibility index (Phi) is 6.24. The Morgan fingerprint density at radius 1 is 1.00 bits per heavy atom. The summed E-state index contributed by atoms with van der Waals surface area (Å²) in [4.78, 5) is 27.7. The monoisotopic (exact) mass is 391 g/mol. The van der Waals surface area contributed by atoms with Crippen molar-refractivity contribution in [2.24, 2.45) is 5.11 Å². The third-order valence-electron chi connectivity index (χ3n) is 3.97. The predicted octanol–water partition coefficient (Wildman–Crippen LogP) is 4.68. The summed E-state index contributed by atoms with van der Waals surface area (Å²) in [6, 6.07) is 18.2. The number of esters is 1. The molecule has 3 rings (SSSR count). The maximum absolute atomic E-state index is 12.5. The fraction of sp³-hybridized carbons (Fsp3) is 0.150. The molecule has 1 heterocycles. The van der Waals surface area contributed by atoms with Gasteiger partial charge in [-0.15, -0.1) is 0 Å². The molecule has 0 aliphatic carbocycles. The number of nitrogens with zero attached hydrogens (tertiary/aromatic N) is 5. The van der Waals surface area contributed by atoms with Crippen LogP contribution in [0.25, 0.3) is 10.4 Å². The summed E-state index contributed by atoms with van der Waals surface area (Å²) in [5.74, 6) is -1.03. The topological polar surface area (TPSA) is 119 Å². The number of rotatable bonds is 6. The van der Waals surface area contributed by atoms with E-state index in [0.717, 1.165) is 15.8 Å². The van der Waals surface area contributed by atoms with Gasteiger partial charge in [0.25, 0.3) is 0 Å². The van der Waals surface area contributed by atoms with E-state index in [1.165, 1.54) is 6.92 Å². The van der Waals surface area contributed by atoms with Crippen molar-refractivity contribution in [1.29, 1.82) is 0 Å². The fourth-order valence-electron chi connectivity index (χ4n) is 2.59. The first-order valence-corrected chi connectivity index (χ1v) is 8.67. The van der Waals surface area contributed by atoms with Crippen LogP contribution in [0.2, 0.25) is 0 Å². The molecule has 0 saturated heterocycles. The second-order valence-electron chi connectivity index (χ2n) is 5.99. The lowest BCUT2D eigenvalue weighted by Gasteiger charge is -2.07. The predicted molar refractivity (Wildman–Crippen MR) is 103 cm³/mol. The first kappa shape index (κ1) is 19.7. The van der Waals surface area contributed by atoms with Crippen LogP contribution >= 0.6 is 0 Å². The zero-order valence-electron chi connectivity index (χ0n) is 15.6. The lowest BCUT2D eigenvalue weighted by atomic mass is 10.2.